The van der Waals surface area contributed by atoms with Crippen molar-refractivity contribution in [1.29, 1.82) is 0 Å². The van der Waals surface area contributed by atoms with Crippen LogP contribution in [0.5, 0.6) is 0 Å². The van der Waals surface area contributed by atoms with Crippen LogP contribution in [0.1, 0.15) is 35.6 Å². The summed E-state index contributed by atoms with van der Waals surface area (Å²) < 4.78 is 0. The monoisotopic (exact) mass is 429 g/mol. The third-order valence-electron chi connectivity index (χ3n) is 5.70. The van der Waals surface area contributed by atoms with Crippen molar-refractivity contribution in [2.75, 3.05) is 4.90 Å². The van der Waals surface area contributed by atoms with Crippen molar-refractivity contribution in [2.24, 2.45) is 0 Å². The molecule has 1 nitrogen and oxygen atoms in total. The Morgan fingerprint density at radius 1 is 0.636 bits per heavy atom. The molecule has 0 radical (unpaired) electrons. The van der Waals surface area contributed by atoms with Crippen molar-refractivity contribution in [3.05, 3.63) is 138 Å². The Morgan fingerprint density at radius 3 is 1.88 bits per heavy atom. The Balaban J connectivity index is 1.61. The lowest BCUT2D eigenvalue weighted by atomic mass is 10.1. The highest BCUT2D eigenvalue weighted by molar-refractivity contribution is 5.79. The summed E-state index contributed by atoms with van der Waals surface area (Å²) in [6, 6.07) is 36.6. The second-order valence-corrected chi connectivity index (χ2v) is 8.26. The number of aryl methyl sites for hydroxylation is 2. The van der Waals surface area contributed by atoms with E-state index < -0.39 is 0 Å². The van der Waals surface area contributed by atoms with E-state index in [2.05, 4.69) is 140 Å². The summed E-state index contributed by atoms with van der Waals surface area (Å²) >= 11 is 0. The minimum absolute atomic E-state index is 1.12. The topological polar surface area (TPSA) is 3.24 Å². The van der Waals surface area contributed by atoms with Gasteiger partial charge >= 0.3 is 0 Å². The van der Waals surface area contributed by atoms with E-state index in [1.807, 2.05) is 6.07 Å². The fourth-order valence-corrected chi connectivity index (χ4v) is 4.04. The largest absolute Gasteiger partial charge is 0.310 e. The van der Waals surface area contributed by atoms with Gasteiger partial charge in [-0.2, -0.15) is 0 Å². The number of hydrogen-bond donors (Lipinski definition) is 0. The zero-order chi connectivity index (χ0) is 22.9. The zero-order valence-electron chi connectivity index (χ0n) is 19.5. The van der Waals surface area contributed by atoms with E-state index in [-0.39, 0.29) is 0 Å². The minimum Gasteiger partial charge on any atom is -0.310 e. The Morgan fingerprint density at radius 2 is 1.24 bits per heavy atom. The van der Waals surface area contributed by atoms with E-state index in [1.54, 1.807) is 0 Å². The van der Waals surface area contributed by atoms with Crippen LogP contribution in [0.25, 0.3) is 12.2 Å². The molecule has 1 heteroatoms. The van der Waals surface area contributed by atoms with Crippen molar-refractivity contribution in [2.45, 2.75) is 26.7 Å². The summed E-state index contributed by atoms with van der Waals surface area (Å²) in [7, 11) is 0. The Bertz CT molecular complexity index is 1200. The normalized spacial score (nSPS) is 11.3. The molecule has 4 aromatic rings. The molecule has 0 fully saturated rings. The van der Waals surface area contributed by atoms with E-state index in [0.29, 0.717) is 0 Å². The molecule has 33 heavy (non-hydrogen) atoms. The SMILES string of the molecule is CCCc1ccc(N(c2ccccc2)c2ccc(/C=C/C=C/c3ccccc3)cc2C)cc1. The summed E-state index contributed by atoms with van der Waals surface area (Å²) in [5, 5.41) is 0. The maximum atomic E-state index is 2.34. The average Bonchev–Trinajstić information content (AvgIpc) is 2.86. The predicted octanol–water partition coefficient (Wildman–Crippen LogP) is 9.14. The second-order valence-electron chi connectivity index (χ2n) is 8.26. The van der Waals surface area contributed by atoms with E-state index in [4.69, 9.17) is 0 Å². The van der Waals surface area contributed by atoms with Gasteiger partial charge in [0.2, 0.25) is 0 Å². The van der Waals surface area contributed by atoms with Crippen LogP contribution in [-0.2, 0) is 6.42 Å². The summed E-state index contributed by atoms with van der Waals surface area (Å²) in [4.78, 5) is 2.34. The molecule has 164 valence electrons. The quantitative estimate of drug-likeness (QED) is 0.252. The van der Waals surface area contributed by atoms with Gasteiger partial charge in [-0.15, -0.1) is 0 Å². The number of para-hydroxylation sites is 1. The molecule has 0 atom stereocenters. The lowest BCUT2D eigenvalue weighted by molar-refractivity contribution is 0.922. The standard InChI is InChI=1S/C32H31N/c1-3-12-27-19-22-31(23-20-27)33(30-17-8-5-9-18-30)32-24-21-29(25-26(32)2)16-11-10-15-28-13-6-4-7-14-28/h4-11,13-25H,3,12H2,1-2H3/b15-10+,16-11+. The van der Waals surface area contributed by atoms with E-state index in [0.717, 1.165) is 18.5 Å². The number of nitrogens with zero attached hydrogens (tertiary/aromatic N) is 1. The molecule has 0 aliphatic rings. The number of rotatable bonds is 8. The van der Waals surface area contributed by atoms with Crippen molar-refractivity contribution in [1.82, 2.24) is 0 Å². The van der Waals surface area contributed by atoms with Crippen molar-refractivity contribution in [3.8, 4) is 0 Å². The Kier molecular flexibility index (Phi) is 7.56. The molecule has 0 saturated heterocycles. The second kappa shape index (κ2) is 11.2. The van der Waals surface area contributed by atoms with Crippen LogP contribution < -0.4 is 4.90 Å². The van der Waals surface area contributed by atoms with Crippen LogP contribution in [-0.4, -0.2) is 0 Å². The molecular formula is C32H31N. The molecule has 0 aromatic heterocycles. The van der Waals surface area contributed by atoms with Gasteiger partial charge in [-0.3, -0.25) is 0 Å². The van der Waals surface area contributed by atoms with E-state index >= 15 is 0 Å². The molecule has 0 heterocycles. The third-order valence-corrected chi connectivity index (χ3v) is 5.70. The molecule has 0 aliphatic carbocycles. The van der Waals surface area contributed by atoms with Gasteiger partial charge in [-0.25, -0.2) is 0 Å². The van der Waals surface area contributed by atoms with Gasteiger partial charge < -0.3 is 4.90 Å². The highest BCUT2D eigenvalue weighted by Crippen LogP contribution is 2.36. The summed E-state index contributed by atoms with van der Waals surface area (Å²) in [6.45, 7) is 4.41. The van der Waals surface area contributed by atoms with Crippen LogP contribution in [0.4, 0.5) is 17.1 Å². The van der Waals surface area contributed by atoms with Gasteiger partial charge in [0.1, 0.15) is 0 Å². The fourth-order valence-electron chi connectivity index (χ4n) is 4.04. The maximum absolute atomic E-state index is 2.34. The van der Waals surface area contributed by atoms with Crippen molar-refractivity contribution >= 4 is 29.2 Å². The molecule has 4 aromatic carbocycles. The lowest BCUT2D eigenvalue weighted by Gasteiger charge is -2.27. The van der Waals surface area contributed by atoms with Gasteiger partial charge in [-0.1, -0.05) is 104 Å². The molecule has 4 rings (SSSR count). The highest BCUT2D eigenvalue weighted by Gasteiger charge is 2.14. The first-order chi connectivity index (χ1) is 16.2. The molecule has 0 unspecified atom stereocenters. The van der Waals surface area contributed by atoms with Crippen LogP contribution in [0.15, 0.2) is 115 Å². The van der Waals surface area contributed by atoms with Gasteiger partial charge in [0.25, 0.3) is 0 Å². The van der Waals surface area contributed by atoms with Crippen molar-refractivity contribution < 1.29 is 0 Å². The van der Waals surface area contributed by atoms with Crippen LogP contribution in [0, 0.1) is 6.92 Å². The number of hydrogen-bond acceptors (Lipinski definition) is 1. The number of anilines is 3. The molecule has 0 aliphatic heterocycles. The fraction of sp³-hybridized carbons (Fsp3) is 0.125. The summed E-state index contributed by atoms with van der Waals surface area (Å²) in [5.74, 6) is 0. The summed E-state index contributed by atoms with van der Waals surface area (Å²) in [5.41, 5.74) is 8.57. The van der Waals surface area contributed by atoms with E-state index in [9.17, 15) is 0 Å². The minimum atomic E-state index is 1.12. The van der Waals surface area contributed by atoms with Gasteiger partial charge in [0.15, 0.2) is 0 Å². The average molecular weight is 430 g/mol. The zero-order valence-corrected chi connectivity index (χ0v) is 19.5. The first-order valence-corrected chi connectivity index (χ1v) is 11.7. The van der Waals surface area contributed by atoms with Crippen LogP contribution in [0.3, 0.4) is 0 Å². The summed E-state index contributed by atoms with van der Waals surface area (Å²) in [6.07, 6.45) is 10.7. The number of benzene rings is 4. The third kappa shape index (κ3) is 5.90. The van der Waals surface area contributed by atoms with Gasteiger partial charge in [0, 0.05) is 17.1 Å². The van der Waals surface area contributed by atoms with E-state index in [1.165, 1.54) is 33.6 Å². The molecule has 0 bridgehead atoms. The maximum Gasteiger partial charge on any atom is 0.0491 e. The molecule has 0 saturated carbocycles. The first-order valence-electron chi connectivity index (χ1n) is 11.7. The first kappa shape index (κ1) is 22.4. The van der Waals surface area contributed by atoms with Gasteiger partial charge in [-0.05, 0) is 72.0 Å². The number of allylic oxidation sites excluding steroid dienone is 2. The molecule has 0 N–H and O–H groups in total. The predicted molar refractivity (Wildman–Crippen MR) is 144 cm³/mol. The highest BCUT2D eigenvalue weighted by atomic mass is 15.1. The molecule has 0 amide bonds. The Hall–Kier alpha value is -3.84. The molecule has 0 spiro atoms. The Labute approximate surface area is 198 Å². The van der Waals surface area contributed by atoms with Gasteiger partial charge in [0.05, 0.1) is 0 Å². The molecular weight excluding hydrogens is 398 g/mol. The smallest absolute Gasteiger partial charge is 0.0491 e. The lowest BCUT2D eigenvalue weighted by Crippen LogP contribution is -2.11. The van der Waals surface area contributed by atoms with Crippen LogP contribution >= 0.6 is 0 Å². The van der Waals surface area contributed by atoms with Crippen LogP contribution in [0.2, 0.25) is 0 Å². The van der Waals surface area contributed by atoms with Crippen molar-refractivity contribution in [3.63, 3.8) is 0 Å².